The van der Waals surface area contributed by atoms with Crippen LogP contribution in [-0.4, -0.2) is 57.6 Å². The van der Waals surface area contributed by atoms with Gasteiger partial charge in [0.15, 0.2) is 0 Å². The van der Waals surface area contributed by atoms with Gasteiger partial charge in [0.25, 0.3) is 0 Å². The first kappa shape index (κ1) is 18.3. The third-order valence-electron chi connectivity index (χ3n) is 1.84. The van der Waals surface area contributed by atoms with Crippen molar-refractivity contribution in [3.8, 4) is 11.5 Å². The molecule has 0 heterocycles. The van der Waals surface area contributed by atoms with E-state index in [-0.39, 0.29) is 37.9 Å². The predicted octanol–water partition coefficient (Wildman–Crippen LogP) is 1.30. The summed E-state index contributed by atoms with van der Waals surface area (Å²) in [5.74, 6) is 0.339. The van der Waals surface area contributed by atoms with Crippen molar-refractivity contribution < 1.29 is 25.2 Å². The number of ether oxygens (including phenoxy) is 1. The highest BCUT2D eigenvalue weighted by Gasteiger charge is 2.05. The summed E-state index contributed by atoms with van der Waals surface area (Å²) in [5.41, 5.74) is 0. The number of halogens is 2. The molecule has 0 amide bonds. The van der Waals surface area contributed by atoms with E-state index in [2.05, 4.69) is 0 Å². The van der Waals surface area contributed by atoms with Crippen molar-refractivity contribution in [2.45, 2.75) is 10.8 Å². The van der Waals surface area contributed by atoms with E-state index in [1.807, 2.05) is 0 Å². The fourth-order valence-electron chi connectivity index (χ4n) is 0.882. The van der Waals surface area contributed by atoms with Gasteiger partial charge < -0.3 is 25.2 Å². The summed E-state index contributed by atoms with van der Waals surface area (Å²) in [7, 11) is 0. The smallest absolute Gasteiger partial charge is 0.115 e. The molecule has 0 bridgehead atoms. The molecule has 0 aliphatic rings. The Balaban J connectivity index is 0.000000356. The molecule has 0 radical (unpaired) electrons. The molecular weight excluding hydrogens is 295 g/mol. The minimum absolute atomic E-state index is 0.117. The van der Waals surface area contributed by atoms with Gasteiger partial charge >= 0.3 is 0 Å². The van der Waals surface area contributed by atoms with Gasteiger partial charge in [-0.1, -0.05) is 0 Å². The van der Waals surface area contributed by atoms with Crippen LogP contribution in [0.5, 0.6) is 11.5 Å². The summed E-state index contributed by atoms with van der Waals surface area (Å²) >= 11 is 11.0. The van der Waals surface area contributed by atoms with Gasteiger partial charge in [-0.3, -0.25) is 0 Å². The molecule has 2 atom stereocenters. The second kappa shape index (κ2) is 11.1. The van der Waals surface area contributed by atoms with Crippen molar-refractivity contribution in [1.29, 1.82) is 0 Å². The van der Waals surface area contributed by atoms with Gasteiger partial charge in [0.2, 0.25) is 0 Å². The van der Waals surface area contributed by atoms with Crippen molar-refractivity contribution in [1.82, 2.24) is 0 Å². The Kier molecular flexibility index (Phi) is 10.7. The number of aliphatic hydroxyl groups is 2. The van der Waals surface area contributed by atoms with E-state index in [4.69, 9.17) is 48.4 Å². The van der Waals surface area contributed by atoms with Gasteiger partial charge in [-0.15, -0.1) is 23.2 Å². The molecule has 2 unspecified atom stereocenters. The van der Waals surface area contributed by atoms with Crippen LogP contribution < -0.4 is 0 Å². The molecule has 0 aliphatic heterocycles. The number of aliphatic hydroxyl groups excluding tert-OH is 2. The van der Waals surface area contributed by atoms with Crippen LogP contribution in [-0.2, 0) is 4.74 Å². The van der Waals surface area contributed by atoms with Crippen molar-refractivity contribution in [2.24, 2.45) is 0 Å². The largest absolute Gasteiger partial charge is 0.508 e. The topological polar surface area (TPSA) is 90.2 Å². The standard InChI is InChI=1S/C6H12Cl2O3.C6H6O2/c7-5(1-9)3-11-4-6(8)2-10;7-5-1-2-6(8)4-3-5/h5-6,9-10H,1-4H2;1-4,7-8H. The zero-order valence-electron chi connectivity index (χ0n) is 10.2. The maximum absolute atomic E-state index is 8.65. The Hall–Kier alpha value is -0.720. The molecule has 1 aromatic rings. The minimum Gasteiger partial charge on any atom is -0.508 e. The zero-order chi connectivity index (χ0) is 14.7. The first-order valence-corrected chi connectivity index (χ1v) is 6.42. The highest BCUT2D eigenvalue weighted by molar-refractivity contribution is 6.21. The van der Waals surface area contributed by atoms with Crippen molar-refractivity contribution >= 4 is 23.2 Å². The zero-order valence-corrected chi connectivity index (χ0v) is 11.8. The van der Waals surface area contributed by atoms with Crippen molar-refractivity contribution in [3.05, 3.63) is 24.3 Å². The van der Waals surface area contributed by atoms with Crippen LogP contribution in [0.25, 0.3) is 0 Å². The van der Waals surface area contributed by atoms with E-state index >= 15 is 0 Å². The molecule has 0 fully saturated rings. The van der Waals surface area contributed by atoms with Gasteiger partial charge in [0.05, 0.1) is 37.2 Å². The molecule has 0 aromatic heterocycles. The predicted molar refractivity (Wildman–Crippen MR) is 74.0 cm³/mol. The first-order chi connectivity index (χ1) is 8.99. The molecule has 0 saturated carbocycles. The van der Waals surface area contributed by atoms with Crippen LogP contribution in [0.1, 0.15) is 0 Å². The normalized spacial score (nSPS) is 13.3. The molecule has 5 nitrogen and oxygen atoms in total. The molecule has 19 heavy (non-hydrogen) atoms. The molecule has 0 aliphatic carbocycles. The van der Waals surface area contributed by atoms with Gasteiger partial charge in [-0.25, -0.2) is 0 Å². The molecule has 110 valence electrons. The summed E-state index contributed by atoms with van der Waals surface area (Å²) in [6.45, 7) is 0.268. The molecule has 1 rings (SSSR count). The number of aromatic hydroxyl groups is 2. The second-order valence-corrected chi connectivity index (χ2v) is 4.85. The maximum atomic E-state index is 8.65. The highest BCUT2D eigenvalue weighted by Crippen LogP contribution is 2.13. The Bertz CT molecular complexity index is 289. The summed E-state index contributed by atoms with van der Waals surface area (Å²) in [4.78, 5) is 0. The molecule has 4 N–H and O–H groups in total. The number of hydrogen-bond acceptors (Lipinski definition) is 5. The highest BCUT2D eigenvalue weighted by atomic mass is 35.5. The number of alkyl halides is 2. The summed E-state index contributed by atoms with van der Waals surface area (Å²) < 4.78 is 4.96. The van der Waals surface area contributed by atoms with Gasteiger partial charge in [0, 0.05) is 0 Å². The lowest BCUT2D eigenvalue weighted by Crippen LogP contribution is -2.19. The first-order valence-electron chi connectivity index (χ1n) is 5.55. The van der Waals surface area contributed by atoms with Crippen LogP contribution in [0.4, 0.5) is 0 Å². The van der Waals surface area contributed by atoms with Crippen LogP contribution in [0.15, 0.2) is 24.3 Å². The number of phenols is 2. The van der Waals surface area contributed by atoms with E-state index in [0.29, 0.717) is 0 Å². The molecule has 1 aromatic carbocycles. The number of benzene rings is 1. The lowest BCUT2D eigenvalue weighted by Gasteiger charge is -2.09. The Labute approximate surface area is 122 Å². The Morgan fingerprint density at radius 3 is 1.42 bits per heavy atom. The Morgan fingerprint density at radius 1 is 0.842 bits per heavy atom. The van der Waals surface area contributed by atoms with Crippen LogP contribution in [0.2, 0.25) is 0 Å². The molecular formula is C12H18Cl2O5. The van der Waals surface area contributed by atoms with Crippen molar-refractivity contribution in [2.75, 3.05) is 26.4 Å². The quantitative estimate of drug-likeness (QED) is 0.469. The number of rotatable bonds is 6. The summed E-state index contributed by atoms with van der Waals surface area (Å²) in [6.07, 6.45) is 0. The average Bonchev–Trinajstić information content (AvgIpc) is 2.42. The monoisotopic (exact) mass is 312 g/mol. The van der Waals surface area contributed by atoms with E-state index in [1.54, 1.807) is 0 Å². The third-order valence-corrected chi connectivity index (χ3v) is 2.37. The minimum atomic E-state index is -0.391. The second-order valence-electron chi connectivity index (χ2n) is 3.61. The molecule has 7 heteroatoms. The van der Waals surface area contributed by atoms with E-state index in [1.165, 1.54) is 24.3 Å². The molecule has 0 spiro atoms. The van der Waals surface area contributed by atoms with E-state index in [9.17, 15) is 0 Å². The Morgan fingerprint density at radius 2 is 1.16 bits per heavy atom. The lowest BCUT2D eigenvalue weighted by atomic mass is 10.3. The summed E-state index contributed by atoms with van der Waals surface area (Å²) in [5, 5.41) is 33.4. The van der Waals surface area contributed by atoms with Gasteiger partial charge in [-0.2, -0.15) is 0 Å². The average molecular weight is 313 g/mol. The van der Waals surface area contributed by atoms with E-state index < -0.39 is 10.8 Å². The number of hydrogen-bond donors (Lipinski definition) is 4. The fourth-order valence-corrected chi connectivity index (χ4v) is 1.06. The van der Waals surface area contributed by atoms with Crippen LogP contribution in [0, 0.1) is 0 Å². The summed E-state index contributed by atoms with van der Waals surface area (Å²) in [6, 6.07) is 5.70. The van der Waals surface area contributed by atoms with Gasteiger partial charge in [-0.05, 0) is 24.3 Å². The fraction of sp³-hybridized carbons (Fsp3) is 0.500. The van der Waals surface area contributed by atoms with Crippen molar-refractivity contribution in [3.63, 3.8) is 0 Å². The lowest BCUT2D eigenvalue weighted by molar-refractivity contribution is 0.107. The van der Waals surface area contributed by atoms with Crippen LogP contribution in [0.3, 0.4) is 0 Å². The maximum Gasteiger partial charge on any atom is 0.115 e. The SMILES string of the molecule is OCC(Cl)COCC(Cl)CO.Oc1ccc(O)cc1. The van der Waals surface area contributed by atoms with Gasteiger partial charge in [0.1, 0.15) is 11.5 Å². The molecule has 0 saturated heterocycles. The van der Waals surface area contributed by atoms with Crippen LogP contribution >= 0.6 is 23.2 Å². The number of phenolic OH excluding ortho intramolecular Hbond substituents is 2. The third kappa shape index (κ3) is 10.9. The van der Waals surface area contributed by atoms with E-state index in [0.717, 1.165) is 0 Å².